The van der Waals surface area contributed by atoms with E-state index in [2.05, 4.69) is 30.6 Å². The third kappa shape index (κ3) is 5.32. The maximum atomic E-state index is 13.9. The van der Waals surface area contributed by atoms with Crippen molar-refractivity contribution in [2.45, 2.75) is 37.5 Å². The van der Waals surface area contributed by atoms with Crippen LogP contribution in [-0.4, -0.2) is 83.1 Å². The van der Waals surface area contributed by atoms with Crippen molar-refractivity contribution in [1.82, 2.24) is 30.3 Å². The van der Waals surface area contributed by atoms with Gasteiger partial charge in [0.25, 0.3) is 0 Å². The van der Waals surface area contributed by atoms with Crippen LogP contribution in [0.5, 0.6) is 0 Å². The van der Waals surface area contributed by atoms with E-state index in [1.54, 1.807) is 18.2 Å². The summed E-state index contributed by atoms with van der Waals surface area (Å²) in [4.78, 5) is 40.5. The van der Waals surface area contributed by atoms with Crippen LogP contribution in [-0.2, 0) is 10.4 Å². The number of fused-ring (bicyclic) bond motifs is 3. The van der Waals surface area contributed by atoms with Crippen LogP contribution >= 0.6 is 0 Å². The molecule has 0 bridgehead atoms. The third-order valence-electron chi connectivity index (χ3n) is 8.20. The van der Waals surface area contributed by atoms with E-state index in [1.807, 2.05) is 0 Å². The number of aromatic amines is 1. The monoisotopic (exact) mass is 595 g/mol. The summed E-state index contributed by atoms with van der Waals surface area (Å²) in [5.74, 6) is -0.850. The molecule has 4 aromatic rings. The van der Waals surface area contributed by atoms with Crippen molar-refractivity contribution in [2.75, 3.05) is 45.7 Å². The van der Waals surface area contributed by atoms with Gasteiger partial charge in [-0.15, -0.1) is 0 Å². The molecule has 2 unspecified atom stereocenters. The highest BCUT2D eigenvalue weighted by atomic mass is 19.4. The van der Waals surface area contributed by atoms with Crippen LogP contribution in [0, 0.1) is 0 Å². The first-order chi connectivity index (χ1) is 20.6. The number of piperidine rings is 1. The van der Waals surface area contributed by atoms with Crippen LogP contribution in [0.25, 0.3) is 21.9 Å². The summed E-state index contributed by atoms with van der Waals surface area (Å²) in [5, 5.41) is 5.72. The number of likely N-dealkylation sites (tertiary alicyclic amines) is 1. The standard InChI is InChI=1S/C30H32F3N7O3/c1-39-29(38-39,30(31,32)33)20-9-6-8-18(16-20)24(41)27-36-25(34-12-7-15-40-13-4-3-5-14-40)23-21-11-10-19(28(42)43-2)17-22(21)35-26(23)37-27/h6,8-11,16-17,38H,3-5,7,12-15H2,1-2H3,(H2,34,35,36,37). The highest BCUT2D eigenvalue weighted by Gasteiger charge is 2.69. The van der Waals surface area contributed by atoms with E-state index in [1.165, 1.54) is 57.7 Å². The van der Waals surface area contributed by atoms with Gasteiger partial charge in [0.2, 0.25) is 17.3 Å². The number of nitrogens with one attached hydrogen (secondary N) is 3. The number of ether oxygens (including phenoxy) is 1. The van der Waals surface area contributed by atoms with Crippen molar-refractivity contribution in [1.29, 1.82) is 0 Å². The number of hydrogen-bond acceptors (Lipinski definition) is 9. The number of anilines is 1. The molecule has 3 N–H and O–H groups in total. The maximum Gasteiger partial charge on any atom is 0.426 e. The van der Waals surface area contributed by atoms with E-state index < -0.39 is 23.6 Å². The largest absolute Gasteiger partial charge is 0.465 e. The second-order valence-electron chi connectivity index (χ2n) is 11.0. The quantitative estimate of drug-likeness (QED) is 0.110. The number of esters is 1. The van der Waals surface area contributed by atoms with Gasteiger partial charge in [0.1, 0.15) is 11.5 Å². The lowest BCUT2D eigenvalue weighted by molar-refractivity contribution is -0.174. The molecule has 0 aliphatic carbocycles. The second-order valence-corrected chi connectivity index (χ2v) is 11.0. The average molecular weight is 596 g/mol. The fourth-order valence-corrected chi connectivity index (χ4v) is 5.87. The fourth-order valence-electron chi connectivity index (χ4n) is 5.87. The second kappa shape index (κ2) is 11.2. The van der Waals surface area contributed by atoms with Crippen molar-refractivity contribution < 1.29 is 27.5 Å². The Morgan fingerprint density at radius 2 is 1.84 bits per heavy atom. The summed E-state index contributed by atoms with van der Waals surface area (Å²) in [6.07, 6.45) is -0.0861. The molecule has 2 fully saturated rings. The van der Waals surface area contributed by atoms with Crippen LogP contribution in [0.15, 0.2) is 42.5 Å². The highest BCUT2D eigenvalue weighted by Crippen LogP contribution is 2.48. The summed E-state index contributed by atoms with van der Waals surface area (Å²) in [6, 6.07) is 10.5. The van der Waals surface area contributed by atoms with Gasteiger partial charge in [-0.1, -0.05) is 30.7 Å². The van der Waals surface area contributed by atoms with Crippen molar-refractivity contribution in [3.63, 3.8) is 0 Å². The smallest absolute Gasteiger partial charge is 0.426 e. The molecule has 2 atom stereocenters. The molecule has 0 spiro atoms. The molecule has 0 saturated carbocycles. The number of halogens is 3. The van der Waals surface area contributed by atoms with E-state index >= 15 is 0 Å². The molecule has 43 heavy (non-hydrogen) atoms. The first kappa shape index (κ1) is 29.0. The van der Waals surface area contributed by atoms with Gasteiger partial charge >= 0.3 is 12.1 Å². The normalized spacial score (nSPS) is 20.8. The van der Waals surface area contributed by atoms with E-state index in [0.717, 1.165) is 36.5 Å². The molecule has 0 amide bonds. The molecule has 226 valence electrons. The zero-order chi connectivity index (χ0) is 30.4. The Balaban J connectivity index is 1.35. The van der Waals surface area contributed by atoms with Crippen LogP contribution in [0.4, 0.5) is 19.0 Å². The predicted octanol–water partition coefficient (Wildman–Crippen LogP) is 4.58. The zero-order valence-corrected chi connectivity index (χ0v) is 23.8. The SMILES string of the molecule is COC(=O)c1ccc2c(c1)[nH]c1nc(C(=O)c3cccc(C4(C(F)(F)F)NN4C)c3)nc(NCCCN3CCCCC3)c12. The van der Waals surface area contributed by atoms with E-state index in [-0.39, 0.29) is 17.0 Å². The minimum Gasteiger partial charge on any atom is -0.465 e. The van der Waals surface area contributed by atoms with Crippen molar-refractivity contribution in [3.05, 3.63) is 65.0 Å². The first-order valence-electron chi connectivity index (χ1n) is 14.2. The summed E-state index contributed by atoms with van der Waals surface area (Å²) in [5.41, 5.74) is 1.21. The number of rotatable bonds is 9. The number of H-pyrrole nitrogens is 1. The fraction of sp³-hybridized carbons (Fsp3) is 0.400. The van der Waals surface area contributed by atoms with Crippen molar-refractivity contribution >= 4 is 39.5 Å². The minimum atomic E-state index is -4.60. The highest BCUT2D eigenvalue weighted by molar-refractivity contribution is 6.14. The van der Waals surface area contributed by atoms with E-state index in [0.29, 0.717) is 34.5 Å². The predicted molar refractivity (Wildman–Crippen MR) is 155 cm³/mol. The minimum absolute atomic E-state index is 0.0303. The van der Waals surface area contributed by atoms with E-state index in [4.69, 9.17) is 4.74 Å². The zero-order valence-electron chi connectivity index (χ0n) is 23.8. The Morgan fingerprint density at radius 3 is 2.53 bits per heavy atom. The summed E-state index contributed by atoms with van der Waals surface area (Å²) >= 11 is 0. The number of carbonyl (C=O) groups excluding carboxylic acids is 2. The van der Waals surface area contributed by atoms with Crippen LogP contribution < -0.4 is 10.7 Å². The third-order valence-corrected chi connectivity index (χ3v) is 8.20. The van der Waals surface area contributed by atoms with Crippen LogP contribution in [0.2, 0.25) is 0 Å². The number of alkyl halides is 3. The van der Waals surface area contributed by atoms with Gasteiger partial charge in [-0.05, 0) is 62.7 Å². The molecule has 2 saturated heterocycles. The Bertz CT molecular complexity index is 1700. The number of methoxy groups -OCH3 is 1. The number of hydrazine groups is 1. The van der Waals surface area contributed by atoms with Gasteiger partial charge < -0.3 is 19.9 Å². The number of hydrogen-bond donors (Lipinski definition) is 3. The Hall–Kier alpha value is -4.07. The van der Waals surface area contributed by atoms with Gasteiger partial charge in [-0.25, -0.2) is 25.2 Å². The molecule has 2 aromatic heterocycles. The Labute approximate surface area is 245 Å². The van der Waals surface area contributed by atoms with Crippen molar-refractivity contribution in [3.8, 4) is 0 Å². The molecule has 2 aliphatic heterocycles. The molecule has 2 aromatic carbocycles. The number of aromatic nitrogens is 3. The molecule has 0 radical (unpaired) electrons. The molecule has 10 nitrogen and oxygen atoms in total. The lowest BCUT2D eigenvalue weighted by Crippen LogP contribution is -2.35. The molecular formula is C30H32F3N7O3. The molecule has 6 rings (SSSR count). The van der Waals surface area contributed by atoms with Crippen LogP contribution in [0.1, 0.15) is 57.8 Å². The number of carbonyl (C=O) groups is 2. The van der Waals surface area contributed by atoms with Crippen molar-refractivity contribution in [2.24, 2.45) is 0 Å². The van der Waals surface area contributed by atoms with Gasteiger partial charge in [-0.3, -0.25) is 4.79 Å². The first-order valence-corrected chi connectivity index (χ1v) is 14.2. The molecule has 13 heteroatoms. The molecule has 2 aliphatic rings. The number of nitrogens with zero attached hydrogens (tertiary/aromatic N) is 4. The maximum absolute atomic E-state index is 13.9. The lowest BCUT2D eigenvalue weighted by Gasteiger charge is -2.26. The van der Waals surface area contributed by atoms with E-state index in [9.17, 15) is 22.8 Å². The van der Waals surface area contributed by atoms with Gasteiger partial charge in [0.15, 0.2) is 0 Å². The topological polar surface area (TPSA) is 125 Å². The van der Waals surface area contributed by atoms with Gasteiger partial charge in [0, 0.05) is 30.1 Å². The van der Waals surface area contributed by atoms with Crippen LogP contribution in [0.3, 0.4) is 0 Å². The number of benzene rings is 2. The molecule has 4 heterocycles. The number of ketones is 1. The van der Waals surface area contributed by atoms with Gasteiger partial charge in [-0.2, -0.15) is 13.2 Å². The average Bonchev–Trinajstić information content (AvgIpc) is 3.58. The summed E-state index contributed by atoms with van der Waals surface area (Å²) in [7, 11) is 2.60. The Kier molecular flexibility index (Phi) is 7.57. The molecular weight excluding hydrogens is 563 g/mol. The summed E-state index contributed by atoms with van der Waals surface area (Å²) < 4.78 is 46.6. The summed E-state index contributed by atoms with van der Waals surface area (Å²) in [6.45, 7) is 3.69. The Morgan fingerprint density at radius 1 is 1.07 bits per heavy atom. The lowest BCUT2D eigenvalue weighted by atomic mass is 9.98. The van der Waals surface area contributed by atoms with Gasteiger partial charge in [0.05, 0.1) is 18.1 Å².